The van der Waals surface area contributed by atoms with Crippen molar-refractivity contribution < 1.29 is 4.79 Å². The third kappa shape index (κ3) is 3.16. The van der Waals surface area contributed by atoms with Crippen LogP contribution in [0.4, 0.5) is 5.95 Å². The summed E-state index contributed by atoms with van der Waals surface area (Å²) in [6.07, 6.45) is 6.27. The number of rotatable bonds is 3. The average Bonchev–Trinajstić information content (AvgIpc) is 3.50. The highest BCUT2D eigenvalue weighted by molar-refractivity contribution is 7.16. The number of nitrogens with zero attached hydrogens (tertiary/aromatic N) is 4. The average molecular weight is 435 g/mol. The van der Waals surface area contributed by atoms with Crippen molar-refractivity contribution in [2.75, 3.05) is 44.7 Å². The van der Waals surface area contributed by atoms with Crippen molar-refractivity contribution in [1.29, 1.82) is 0 Å². The molecule has 0 saturated carbocycles. The molecule has 0 bridgehead atoms. The van der Waals surface area contributed by atoms with Crippen LogP contribution in [-0.2, 0) is 17.6 Å². The van der Waals surface area contributed by atoms with E-state index in [1.54, 1.807) is 11.3 Å². The Morgan fingerprint density at radius 3 is 2.81 bits per heavy atom. The summed E-state index contributed by atoms with van der Waals surface area (Å²) in [7, 11) is 2.16. The third-order valence-corrected chi connectivity index (χ3v) is 7.62. The number of likely N-dealkylation sites (N-methyl/N-ethyl adjacent to an activating group) is 1. The fourth-order valence-electron chi connectivity index (χ4n) is 5.00. The number of carbonyl (C=O) groups excluding carboxylic acids is 1. The second-order valence-electron chi connectivity index (χ2n) is 8.70. The maximum Gasteiger partial charge on any atom is 0.252 e. The van der Waals surface area contributed by atoms with Gasteiger partial charge in [-0.3, -0.25) is 4.79 Å². The monoisotopic (exact) mass is 434 g/mol. The van der Waals surface area contributed by atoms with Gasteiger partial charge >= 0.3 is 0 Å². The van der Waals surface area contributed by atoms with Crippen molar-refractivity contribution in [2.24, 2.45) is 0 Å². The van der Waals surface area contributed by atoms with Gasteiger partial charge in [0.2, 0.25) is 5.95 Å². The van der Waals surface area contributed by atoms with Crippen LogP contribution in [-0.4, -0.2) is 65.5 Å². The zero-order valence-corrected chi connectivity index (χ0v) is 18.5. The van der Waals surface area contributed by atoms with E-state index in [0.717, 1.165) is 84.0 Å². The Morgan fingerprint density at radius 2 is 1.94 bits per heavy atom. The third-order valence-electron chi connectivity index (χ3n) is 6.77. The van der Waals surface area contributed by atoms with Gasteiger partial charge in [0.05, 0.1) is 11.3 Å². The van der Waals surface area contributed by atoms with Gasteiger partial charge in [-0.1, -0.05) is 0 Å². The molecule has 0 spiro atoms. The van der Waals surface area contributed by atoms with E-state index >= 15 is 0 Å². The molecule has 1 aliphatic carbocycles. The molecular weight excluding hydrogens is 408 g/mol. The van der Waals surface area contributed by atoms with Crippen LogP contribution < -0.4 is 10.2 Å². The van der Waals surface area contributed by atoms with E-state index in [9.17, 15) is 4.79 Å². The Hall–Kier alpha value is -2.71. The topological polar surface area (TPSA) is 77.1 Å². The summed E-state index contributed by atoms with van der Waals surface area (Å²) in [5, 5.41) is 6.24. The SMILES string of the molecule is CN1CCN(c2nc3c(c(C4=C(c5c[nH]c6sccc56)C(=O)NC4)n2)CCCC3)CC1. The predicted molar refractivity (Wildman–Crippen MR) is 124 cm³/mol. The van der Waals surface area contributed by atoms with Gasteiger partial charge in [0.15, 0.2) is 0 Å². The Balaban J connectivity index is 1.52. The smallest absolute Gasteiger partial charge is 0.252 e. The summed E-state index contributed by atoms with van der Waals surface area (Å²) in [5.74, 6) is 0.816. The molecule has 0 aromatic carbocycles. The molecule has 2 aliphatic heterocycles. The second kappa shape index (κ2) is 7.46. The molecule has 8 heteroatoms. The van der Waals surface area contributed by atoms with E-state index in [-0.39, 0.29) is 5.91 Å². The summed E-state index contributed by atoms with van der Waals surface area (Å²) in [4.78, 5) is 32.2. The second-order valence-corrected chi connectivity index (χ2v) is 9.61. The number of nitrogens with one attached hydrogen (secondary N) is 2. The molecule has 1 fully saturated rings. The van der Waals surface area contributed by atoms with Crippen LogP contribution in [0.1, 0.15) is 35.4 Å². The lowest BCUT2D eigenvalue weighted by molar-refractivity contribution is -0.114. The number of anilines is 1. The lowest BCUT2D eigenvalue weighted by Gasteiger charge is -2.33. The van der Waals surface area contributed by atoms with Crippen molar-refractivity contribution in [3.05, 3.63) is 40.2 Å². The largest absolute Gasteiger partial charge is 0.352 e. The van der Waals surface area contributed by atoms with Gasteiger partial charge in [-0.25, -0.2) is 9.97 Å². The van der Waals surface area contributed by atoms with E-state index in [1.807, 2.05) is 6.20 Å². The summed E-state index contributed by atoms with van der Waals surface area (Å²) < 4.78 is 0. The van der Waals surface area contributed by atoms with Crippen molar-refractivity contribution in [3.63, 3.8) is 0 Å². The predicted octanol–water partition coefficient (Wildman–Crippen LogP) is 2.69. The van der Waals surface area contributed by atoms with Crippen molar-refractivity contribution in [3.8, 4) is 0 Å². The Bertz CT molecular complexity index is 1200. The number of fused-ring (bicyclic) bond motifs is 2. The maximum atomic E-state index is 13.0. The zero-order chi connectivity index (χ0) is 20.9. The van der Waals surface area contributed by atoms with Crippen LogP contribution in [0, 0.1) is 0 Å². The highest BCUT2D eigenvalue weighted by Crippen LogP contribution is 2.38. The molecule has 3 aliphatic rings. The minimum absolute atomic E-state index is 0.00795. The van der Waals surface area contributed by atoms with Crippen molar-refractivity contribution in [1.82, 2.24) is 25.2 Å². The lowest BCUT2D eigenvalue weighted by atomic mass is 9.90. The number of H-pyrrole nitrogens is 1. The van der Waals surface area contributed by atoms with Crippen molar-refractivity contribution in [2.45, 2.75) is 25.7 Å². The highest BCUT2D eigenvalue weighted by atomic mass is 32.1. The molecule has 0 radical (unpaired) electrons. The number of aromatic amines is 1. The number of hydrogen-bond acceptors (Lipinski definition) is 6. The summed E-state index contributed by atoms with van der Waals surface area (Å²) in [6.45, 7) is 4.43. The molecule has 7 nitrogen and oxygen atoms in total. The summed E-state index contributed by atoms with van der Waals surface area (Å²) in [5.41, 5.74) is 6.16. The molecular formula is C23H26N6OS. The Morgan fingerprint density at radius 1 is 1.10 bits per heavy atom. The van der Waals surface area contributed by atoms with Crippen LogP contribution >= 0.6 is 11.3 Å². The number of amides is 1. The molecule has 6 rings (SSSR count). The molecule has 1 amide bonds. The van der Waals surface area contributed by atoms with E-state index in [4.69, 9.17) is 9.97 Å². The molecule has 2 N–H and O–H groups in total. The summed E-state index contributed by atoms with van der Waals surface area (Å²) >= 11 is 1.66. The maximum absolute atomic E-state index is 13.0. The van der Waals surface area contributed by atoms with E-state index in [2.05, 4.69) is 38.6 Å². The highest BCUT2D eigenvalue weighted by Gasteiger charge is 2.32. The fraction of sp³-hybridized carbons (Fsp3) is 0.435. The van der Waals surface area contributed by atoms with Gasteiger partial charge in [0, 0.05) is 61.1 Å². The van der Waals surface area contributed by atoms with Crippen molar-refractivity contribution >= 4 is 44.6 Å². The van der Waals surface area contributed by atoms with Gasteiger partial charge in [-0.15, -0.1) is 11.3 Å². The zero-order valence-electron chi connectivity index (χ0n) is 17.7. The molecule has 0 unspecified atom stereocenters. The number of hydrogen-bond donors (Lipinski definition) is 2. The minimum Gasteiger partial charge on any atom is -0.352 e. The Kier molecular flexibility index (Phi) is 4.57. The number of aryl methyl sites for hydroxylation is 1. The number of thiophene rings is 1. The molecule has 3 aromatic heterocycles. The first-order valence-corrected chi connectivity index (χ1v) is 12.0. The van der Waals surface area contributed by atoms with Crippen LogP contribution in [0.2, 0.25) is 0 Å². The molecule has 160 valence electrons. The van der Waals surface area contributed by atoms with Crippen LogP contribution in [0.3, 0.4) is 0 Å². The van der Waals surface area contributed by atoms with Gasteiger partial charge in [-0.05, 0) is 49.7 Å². The van der Waals surface area contributed by atoms with E-state index in [1.165, 1.54) is 17.7 Å². The van der Waals surface area contributed by atoms with E-state index in [0.29, 0.717) is 6.54 Å². The molecule has 0 atom stereocenters. The van der Waals surface area contributed by atoms with Crippen LogP contribution in [0.15, 0.2) is 17.6 Å². The van der Waals surface area contributed by atoms with Gasteiger partial charge in [-0.2, -0.15) is 0 Å². The van der Waals surface area contributed by atoms with Gasteiger partial charge < -0.3 is 20.1 Å². The number of piperazine rings is 1. The molecule has 31 heavy (non-hydrogen) atoms. The fourth-order valence-corrected chi connectivity index (χ4v) is 5.78. The van der Waals surface area contributed by atoms with Crippen LogP contribution in [0.5, 0.6) is 0 Å². The number of aromatic nitrogens is 3. The summed E-state index contributed by atoms with van der Waals surface area (Å²) in [6, 6.07) is 2.09. The van der Waals surface area contributed by atoms with Gasteiger partial charge in [0.25, 0.3) is 5.91 Å². The lowest BCUT2D eigenvalue weighted by Crippen LogP contribution is -2.45. The first-order valence-electron chi connectivity index (χ1n) is 11.1. The van der Waals surface area contributed by atoms with Gasteiger partial charge in [0.1, 0.15) is 4.83 Å². The standard InChI is InChI=1S/C23H26N6OS/c1-28-7-9-29(10-8-28)23-26-18-5-3-2-4-15(18)20(27-23)17-13-24-21(30)19(17)16-12-25-22-14(16)6-11-31-22/h6,11-12,25H,2-5,7-10,13H2,1H3,(H,24,30). The first-order chi connectivity index (χ1) is 15.2. The quantitative estimate of drug-likeness (QED) is 0.663. The first kappa shape index (κ1) is 19.0. The minimum atomic E-state index is -0.00795. The molecule has 3 aromatic rings. The van der Waals surface area contributed by atoms with E-state index < -0.39 is 0 Å². The molecule has 1 saturated heterocycles. The number of carbonyl (C=O) groups is 1. The Labute approximate surface area is 185 Å². The van der Waals surface area contributed by atoms with Crippen LogP contribution in [0.25, 0.3) is 21.4 Å². The molecule has 5 heterocycles. The normalized spacial score (nSPS) is 19.9.